The molecule has 0 fully saturated rings. The van der Waals surface area contributed by atoms with Gasteiger partial charge >= 0.3 is 0 Å². The first-order valence-electron chi connectivity index (χ1n) is 7.35. The molecule has 1 aromatic heterocycles. The molecule has 7 heteroatoms. The molecule has 0 spiro atoms. The Bertz CT molecular complexity index is 716. The minimum absolute atomic E-state index is 0.128. The Balaban J connectivity index is 1.79. The zero-order chi connectivity index (χ0) is 16.7. The summed E-state index contributed by atoms with van der Waals surface area (Å²) >= 11 is 1.08. The molecule has 0 aliphatic rings. The first-order valence-corrected chi connectivity index (χ1v) is 8.34. The predicted molar refractivity (Wildman–Crippen MR) is 89.8 cm³/mol. The van der Waals surface area contributed by atoms with Crippen LogP contribution in [0.15, 0.2) is 40.3 Å². The van der Waals surface area contributed by atoms with E-state index >= 15 is 0 Å². The molecule has 0 saturated carbocycles. The van der Waals surface area contributed by atoms with Gasteiger partial charge in [0, 0.05) is 6.54 Å². The van der Waals surface area contributed by atoms with Gasteiger partial charge in [-0.2, -0.15) is 4.98 Å². The van der Waals surface area contributed by atoms with Crippen LogP contribution in [-0.2, 0) is 17.6 Å². The fourth-order valence-electron chi connectivity index (χ4n) is 2.03. The van der Waals surface area contributed by atoms with Crippen LogP contribution < -0.4 is 10.9 Å². The predicted octanol–water partition coefficient (Wildman–Crippen LogP) is 1.49. The molecular formula is C16H19N3O3S. The van der Waals surface area contributed by atoms with Crippen molar-refractivity contribution >= 4 is 17.7 Å². The molecule has 1 heterocycles. The number of benzene rings is 1. The van der Waals surface area contributed by atoms with E-state index in [9.17, 15) is 14.7 Å². The van der Waals surface area contributed by atoms with Crippen molar-refractivity contribution in [2.45, 2.75) is 24.9 Å². The summed E-state index contributed by atoms with van der Waals surface area (Å²) in [4.78, 5) is 29.9. The van der Waals surface area contributed by atoms with Gasteiger partial charge in [0.2, 0.25) is 11.8 Å². The van der Waals surface area contributed by atoms with E-state index in [0.717, 1.165) is 23.7 Å². The van der Waals surface area contributed by atoms with Crippen molar-refractivity contribution in [1.29, 1.82) is 0 Å². The summed E-state index contributed by atoms with van der Waals surface area (Å²) in [6, 6.07) is 9.88. The highest BCUT2D eigenvalue weighted by Crippen LogP contribution is 2.16. The molecule has 0 aliphatic carbocycles. The lowest BCUT2D eigenvalue weighted by Crippen LogP contribution is -2.27. The number of nitrogens with zero attached hydrogens (tertiary/aromatic N) is 1. The molecule has 0 radical (unpaired) electrons. The fraction of sp³-hybridized carbons (Fsp3) is 0.312. The number of hydrogen-bond acceptors (Lipinski definition) is 5. The lowest BCUT2D eigenvalue weighted by atomic mass is 10.1. The average molecular weight is 333 g/mol. The highest BCUT2D eigenvalue weighted by molar-refractivity contribution is 7.99. The maximum atomic E-state index is 11.8. The van der Waals surface area contributed by atoms with Crippen molar-refractivity contribution in [3.05, 3.63) is 51.8 Å². The standard InChI is InChI=1S/C16H19N3O3S/c1-2-12-14(21)18-16(19-15(12)22)23-10-13(20)17-9-8-11-6-4-3-5-7-11/h3-7H,2,8-10H2,1H3,(H,17,20)(H2,18,19,21,22). The fourth-order valence-corrected chi connectivity index (χ4v) is 2.71. The molecule has 0 aliphatic heterocycles. The Morgan fingerprint density at radius 2 is 2.09 bits per heavy atom. The summed E-state index contributed by atoms with van der Waals surface area (Å²) in [6.45, 7) is 2.31. The highest BCUT2D eigenvalue weighted by Gasteiger charge is 2.10. The highest BCUT2D eigenvalue weighted by atomic mass is 32.2. The van der Waals surface area contributed by atoms with Crippen LogP contribution in [0.2, 0.25) is 0 Å². The van der Waals surface area contributed by atoms with Gasteiger partial charge in [-0.15, -0.1) is 0 Å². The summed E-state index contributed by atoms with van der Waals surface area (Å²) in [5, 5.41) is 12.7. The SMILES string of the molecule is CCc1c(O)nc(SCC(=O)NCCc2ccccc2)[nH]c1=O. The lowest BCUT2D eigenvalue weighted by Gasteiger charge is -2.06. The molecule has 0 unspecified atom stereocenters. The van der Waals surface area contributed by atoms with Crippen molar-refractivity contribution in [2.75, 3.05) is 12.3 Å². The molecule has 2 rings (SSSR count). The third-order valence-electron chi connectivity index (χ3n) is 3.24. The third-order valence-corrected chi connectivity index (χ3v) is 4.12. The summed E-state index contributed by atoms with van der Waals surface area (Å²) in [5.41, 5.74) is 1.04. The summed E-state index contributed by atoms with van der Waals surface area (Å²) in [5.74, 6) is -0.293. The molecular weight excluding hydrogens is 314 g/mol. The van der Waals surface area contributed by atoms with Crippen molar-refractivity contribution in [2.24, 2.45) is 0 Å². The second-order valence-electron chi connectivity index (χ2n) is 4.90. The first kappa shape index (κ1) is 17.1. The Morgan fingerprint density at radius 3 is 2.74 bits per heavy atom. The van der Waals surface area contributed by atoms with Crippen LogP contribution in [0.4, 0.5) is 0 Å². The van der Waals surface area contributed by atoms with Gasteiger partial charge in [-0.05, 0) is 18.4 Å². The molecule has 0 saturated heterocycles. The van der Waals surface area contributed by atoms with Gasteiger partial charge in [0.15, 0.2) is 5.16 Å². The normalized spacial score (nSPS) is 10.5. The maximum absolute atomic E-state index is 11.8. The van der Waals surface area contributed by atoms with Gasteiger partial charge in [-0.3, -0.25) is 9.59 Å². The molecule has 2 aromatic rings. The van der Waals surface area contributed by atoms with Crippen LogP contribution in [0.25, 0.3) is 0 Å². The van der Waals surface area contributed by atoms with E-state index in [0.29, 0.717) is 13.0 Å². The largest absolute Gasteiger partial charge is 0.493 e. The monoisotopic (exact) mass is 333 g/mol. The van der Waals surface area contributed by atoms with Gasteiger partial charge in [0.25, 0.3) is 5.56 Å². The van der Waals surface area contributed by atoms with Crippen LogP contribution in [0.5, 0.6) is 5.88 Å². The van der Waals surface area contributed by atoms with Gasteiger partial charge in [0.05, 0.1) is 11.3 Å². The maximum Gasteiger partial charge on any atom is 0.258 e. The number of amides is 1. The molecule has 3 N–H and O–H groups in total. The molecule has 0 atom stereocenters. The topological polar surface area (TPSA) is 95.1 Å². The number of nitrogens with one attached hydrogen (secondary N) is 2. The number of thioether (sulfide) groups is 1. The molecule has 122 valence electrons. The van der Waals surface area contributed by atoms with E-state index in [1.165, 1.54) is 0 Å². The number of carbonyl (C=O) groups is 1. The minimum atomic E-state index is -0.369. The zero-order valence-electron chi connectivity index (χ0n) is 12.8. The van der Waals surface area contributed by atoms with Crippen molar-refractivity contribution < 1.29 is 9.90 Å². The smallest absolute Gasteiger partial charge is 0.258 e. The van der Waals surface area contributed by atoms with Crippen LogP contribution in [-0.4, -0.2) is 33.3 Å². The molecule has 6 nitrogen and oxygen atoms in total. The van der Waals surface area contributed by atoms with Crippen LogP contribution >= 0.6 is 11.8 Å². The number of aromatic amines is 1. The summed E-state index contributed by atoms with van der Waals surface area (Å²) < 4.78 is 0. The lowest BCUT2D eigenvalue weighted by molar-refractivity contribution is -0.118. The number of aromatic nitrogens is 2. The van der Waals surface area contributed by atoms with Crippen LogP contribution in [0.1, 0.15) is 18.1 Å². The summed E-state index contributed by atoms with van der Waals surface area (Å²) in [6.07, 6.45) is 1.16. The molecule has 1 amide bonds. The Labute approximate surface area is 138 Å². The zero-order valence-corrected chi connectivity index (χ0v) is 13.7. The van der Waals surface area contributed by atoms with E-state index < -0.39 is 0 Å². The molecule has 23 heavy (non-hydrogen) atoms. The number of hydrogen-bond donors (Lipinski definition) is 3. The minimum Gasteiger partial charge on any atom is -0.493 e. The Hall–Kier alpha value is -2.28. The van der Waals surface area contributed by atoms with Crippen molar-refractivity contribution in [1.82, 2.24) is 15.3 Å². The number of carbonyl (C=O) groups excluding carboxylic acids is 1. The van der Waals surface area contributed by atoms with Gasteiger partial charge in [-0.1, -0.05) is 49.0 Å². The van der Waals surface area contributed by atoms with E-state index in [2.05, 4.69) is 15.3 Å². The number of H-pyrrole nitrogens is 1. The number of rotatable bonds is 7. The van der Waals surface area contributed by atoms with E-state index in [4.69, 9.17) is 0 Å². The van der Waals surface area contributed by atoms with Crippen molar-refractivity contribution in [3.8, 4) is 5.88 Å². The van der Waals surface area contributed by atoms with E-state index in [-0.39, 0.29) is 33.8 Å². The molecule has 1 aromatic carbocycles. The van der Waals surface area contributed by atoms with Gasteiger partial charge in [-0.25, -0.2) is 0 Å². The second-order valence-corrected chi connectivity index (χ2v) is 5.87. The van der Waals surface area contributed by atoms with Crippen LogP contribution in [0.3, 0.4) is 0 Å². The van der Waals surface area contributed by atoms with E-state index in [1.807, 2.05) is 30.3 Å². The van der Waals surface area contributed by atoms with Crippen molar-refractivity contribution in [3.63, 3.8) is 0 Å². The summed E-state index contributed by atoms with van der Waals surface area (Å²) in [7, 11) is 0. The van der Waals surface area contributed by atoms with Gasteiger partial charge in [0.1, 0.15) is 0 Å². The first-order chi connectivity index (χ1) is 11.1. The second kappa shape index (κ2) is 8.38. The quantitative estimate of drug-likeness (QED) is 0.527. The van der Waals surface area contributed by atoms with E-state index in [1.54, 1.807) is 6.92 Å². The van der Waals surface area contributed by atoms with Gasteiger partial charge < -0.3 is 15.4 Å². The Morgan fingerprint density at radius 1 is 1.35 bits per heavy atom. The third kappa shape index (κ3) is 5.14. The van der Waals surface area contributed by atoms with Crippen LogP contribution in [0, 0.1) is 0 Å². The molecule has 0 bridgehead atoms. The average Bonchev–Trinajstić information content (AvgIpc) is 2.54. The number of aromatic hydroxyl groups is 1. The Kier molecular flexibility index (Phi) is 6.22.